The molecule has 0 aromatic heterocycles. The van der Waals surface area contributed by atoms with Crippen LogP contribution < -0.4 is 0 Å². The van der Waals surface area contributed by atoms with Crippen LogP contribution in [0.5, 0.6) is 0 Å². The van der Waals surface area contributed by atoms with Gasteiger partial charge in [-0.3, -0.25) is 9.69 Å². The molecule has 2 aliphatic carbocycles. The van der Waals surface area contributed by atoms with Gasteiger partial charge in [-0.05, 0) is 29.2 Å². The molecule has 1 aliphatic heterocycles. The number of fused-ring (bicyclic) bond motifs is 2. The molecule has 2 aromatic rings. The van der Waals surface area contributed by atoms with Crippen LogP contribution in [-0.4, -0.2) is 22.8 Å². The van der Waals surface area contributed by atoms with Crippen LogP contribution in [0.1, 0.15) is 54.1 Å². The van der Waals surface area contributed by atoms with Crippen molar-refractivity contribution in [2.45, 2.75) is 50.2 Å². The van der Waals surface area contributed by atoms with Crippen LogP contribution in [-0.2, 0) is 0 Å². The van der Waals surface area contributed by atoms with Gasteiger partial charge in [-0.2, -0.15) is 0 Å². The minimum Gasteiger partial charge on any atom is -0.292 e. The summed E-state index contributed by atoms with van der Waals surface area (Å²) in [7, 11) is 0. The first kappa shape index (κ1) is 11.9. The van der Waals surface area contributed by atoms with Crippen molar-refractivity contribution in [2.24, 2.45) is 0 Å². The number of hydrogen-bond acceptors (Lipinski definition) is 2. The Labute approximate surface area is 124 Å². The molecule has 0 amide bonds. The zero-order chi connectivity index (χ0) is 14.0. The number of benzene rings is 2. The summed E-state index contributed by atoms with van der Waals surface area (Å²) in [4.78, 5) is 15.4. The highest BCUT2D eigenvalue weighted by Crippen LogP contribution is 2.54. The lowest BCUT2D eigenvalue weighted by molar-refractivity contribution is 0.0964. The maximum atomic E-state index is 12.9. The van der Waals surface area contributed by atoms with Crippen molar-refractivity contribution in [2.75, 3.05) is 0 Å². The molecule has 21 heavy (non-hydrogen) atoms. The smallest absolute Gasteiger partial charge is 0.182 e. The van der Waals surface area contributed by atoms with Gasteiger partial charge in [0, 0.05) is 11.6 Å². The van der Waals surface area contributed by atoms with E-state index in [0.717, 1.165) is 5.56 Å². The third kappa shape index (κ3) is 1.54. The lowest BCUT2D eigenvalue weighted by Gasteiger charge is -2.23. The summed E-state index contributed by atoms with van der Waals surface area (Å²) in [6.07, 6.45) is 6.56. The monoisotopic (exact) mass is 277 g/mol. The van der Waals surface area contributed by atoms with Crippen LogP contribution in [0.2, 0.25) is 0 Å². The molecule has 2 aromatic carbocycles. The highest BCUT2D eigenvalue weighted by molar-refractivity contribution is 6.16. The Morgan fingerprint density at radius 1 is 0.905 bits per heavy atom. The van der Waals surface area contributed by atoms with Gasteiger partial charge in [-0.15, -0.1) is 0 Å². The average molecular weight is 277 g/mol. The quantitative estimate of drug-likeness (QED) is 0.731. The summed E-state index contributed by atoms with van der Waals surface area (Å²) >= 11 is 0. The minimum atomic E-state index is 0.133. The van der Waals surface area contributed by atoms with Crippen molar-refractivity contribution in [1.82, 2.24) is 4.90 Å². The van der Waals surface area contributed by atoms with Crippen molar-refractivity contribution in [3.8, 4) is 0 Å². The van der Waals surface area contributed by atoms with Crippen molar-refractivity contribution in [3.63, 3.8) is 0 Å². The van der Waals surface area contributed by atoms with E-state index in [0.29, 0.717) is 17.9 Å². The van der Waals surface area contributed by atoms with E-state index in [9.17, 15) is 4.79 Å². The van der Waals surface area contributed by atoms with E-state index in [2.05, 4.69) is 29.2 Å². The van der Waals surface area contributed by atoms with E-state index in [-0.39, 0.29) is 6.04 Å². The molecule has 3 atom stereocenters. The van der Waals surface area contributed by atoms with Crippen LogP contribution in [0.25, 0.3) is 10.8 Å². The van der Waals surface area contributed by atoms with E-state index in [1.165, 1.54) is 48.4 Å². The van der Waals surface area contributed by atoms with Crippen LogP contribution in [0.3, 0.4) is 0 Å². The highest BCUT2D eigenvalue weighted by atomic mass is 16.1. The third-order valence-corrected chi connectivity index (χ3v) is 5.64. The SMILES string of the molecule is O=C1c2cccc3cccc(c23)C2C1N2C1CCCCC1. The maximum absolute atomic E-state index is 12.9. The topological polar surface area (TPSA) is 20.1 Å². The number of carbonyl (C=O) groups excluding carboxylic acids is 1. The fourth-order valence-corrected chi connectivity index (χ4v) is 4.67. The van der Waals surface area contributed by atoms with E-state index < -0.39 is 0 Å². The summed E-state index contributed by atoms with van der Waals surface area (Å²) in [5.41, 5.74) is 2.33. The number of nitrogens with zero attached hydrogens (tertiary/aromatic N) is 1. The van der Waals surface area contributed by atoms with Gasteiger partial charge in [0.05, 0.1) is 12.1 Å². The van der Waals surface area contributed by atoms with Gasteiger partial charge in [0.15, 0.2) is 5.78 Å². The molecular weight excluding hydrogens is 258 g/mol. The minimum absolute atomic E-state index is 0.133. The van der Waals surface area contributed by atoms with Gasteiger partial charge in [-0.25, -0.2) is 0 Å². The van der Waals surface area contributed by atoms with Crippen LogP contribution in [0, 0.1) is 0 Å². The first-order chi connectivity index (χ1) is 10.4. The predicted octanol–water partition coefficient (Wildman–Crippen LogP) is 4.09. The van der Waals surface area contributed by atoms with E-state index >= 15 is 0 Å². The van der Waals surface area contributed by atoms with Crippen molar-refractivity contribution in [1.29, 1.82) is 0 Å². The Balaban J connectivity index is 1.64. The first-order valence-electron chi connectivity index (χ1n) is 8.19. The molecule has 106 valence electrons. The molecule has 0 radical (unpaired) electrons. The van der Waals surface area contributed by atoms with E-state index in [1.807, 2.05) is 12.1 Å². The van der Waals surface area contributed by atoms with E-state index in [1.54, 1.807) is 0 Å². The lowest BCUT2D eigenvalue weighted by atomic mass is 9.88. The van der Waals surface area contributed by atoms with Crippen LogP contribution in [0.4, 0.5) is 0 Å². The standard InChI is InChI=1S/C19H19NO/c21-19-15-11-5-7-12-6-4-10-14(16(12)15)17-18(19)20(17)13-8-2-1-3-9-13/h4-7,10-11,13,17-18H,1-3,8-9H2. The predicted molar refractivity (Wildman–Crippen MR) is 83.5 cm³/mol. The molecular formula is C19H19NO. The highest BCUT2D eigenvalue weighted by Gasteiger charge is 2.58. The molecule has 2 heteroatoms. The summed E-state index contributed by atoms with van der Waals surface area (Å²) in [6.45, 7) is 0. The molecule has 3 unspecified atom stereocenters. The number of ketones is 1. The Kier molecular flexibility index (Phi) is 2.37. The van der Waals surface area contributed by atoms with Crippen molar-refractivity contribution in [3.05, 3.63) is 47.5 Å². The normalized spacial score (nSPS) is 31.2. The van der Waals surface area contributed by atoms with Crippen molar-refractivity contribution >= 4 is 16.6 Å². The third-order valence-electron chi connectivity index (χ3n) is 5.64. The maximum Gasteiger partial charge on any atom is 0.182 e. The molecule has 1 saturated carbocycles. The Hall–Kier alpha value is -1.67. The van der Waals surface area contributed by atoms with Crippen LogP contribution in [0.15, 0.2) is 36.4 Å². The van der Waals surface area contributed by atoms with Gasteiger partial charge >= 0.3 is 0 Å². The second-order valence-corrected chi connectivity index (χ2v) is 6.74. The molecule has 2 nitrogen and oxygen atoms in total. The second kappa shape index (κ2) is 4.17. The molecule has 5 rings (SSSR count). The molecule has 0 spiro atoms. The molecule has 0 bridgehead atoms. The largest absolute Gasteiger partial charge is 0.292 e. The Morgan fingerprint density at radius 3 is 2.48 bits per heavy atom. The summed E-state index contributed by atoms with van der Waals surface area (Å²) < 4.78 is 0. The fraction of sp³-hybridized carbons (Fsp3) is 0.421. The fourth-order valence-electron chi connectivity index (χ4n) is 4.67. The van der Waals surface area contributed by atoms with Crippen molar-refractivity contribution < 1.29 is 4.79 Å². The first-order valence-corrected chi connectivity index (χ1v) is 8.19. The number of rotatable bonds is 1. The lowest BCUT2D eigenvalue weighted by Crippen LogP contribution is -2.25. The zero-order valence-corrected chi connectivity index (χ0v) is 12.1. The molecule has 0 N–H and O–H groups in total. The molecule has 3 aliphatic rings. The molecule has 1 heterocycles. The van der Waals surface area contributed by atoms with Gasteiger partial charge in [0.1, 0.15) is 0 Å². The van der Waals surface area contributed by atoms with Gasteiger partial charge < -0.3 is 0 Å². The average Bonchev–Trinajstić information content (AvgIpc) is 3.29. The number of Topliss-reactive ketones (excluding diaryl/α,β-unsaturated/α-hetero) is 1. The Bertz CT molecular complexity index is 739. The number of hydrogen-bond donors (Lipinski definition) is 0. The zero-order valence-electron chi connectivity index (χ0n) is 12.1. The summed E-state index contributed by atoms with van der Waals surface area (Å²) in [6, 6.07) is 13.8. The Morgan fingerprint density at radius 2 is 1.67 bits per heavy atom. The van der Waals surface area contributed by atoms with Gasteiger partial charge in [0.25, 0.3) is 0 Å². The number of carbonyl (C=O) groups is 1. The summed E-state index contributed by atoms with van der Waals surface area (Å²) in [5, 5.41) is 2.43. The molecule has 2 fully saturated rings. The summed E-state index contributed by atoms with van der Waals surface area (Å²) in [5.74, 6) is 0.356. The molecule has 1 saturated heterocycles. The van der Waals surface area contributed by atoms with Gasteiger partial charge in [0.2, 0.25) is 0 Å². The van der Waals surface area contributed by atoms with E-state index in [4.69, 9.17) is 0 Å². The van der Waals surface area contributed by atoms with Gasteiger partial charge in [-0.1, -0.05) is 55.7 Å². The van der Waals surface area contributed by atoms with Crippen LogP contribution >= 0.6 is 0 Å². The second-order valence-electron chi connectivity index (χ2n) is 6.74.